The molecule has 1 N–H and O–H groups in total. The van der Waals surface area contributed by atoms with Crippen molar-refractivity contribution in [1.82, 2.24) is 9.62 Å². The van der Waals surface area contributed by atoms with Gasteiger partial charge in [0.05, 0.1) is 4.90 Å². The first kappa shape index (κ1) is 14.7. The molecule has 0 heterocycles. The number of amides is 1. The van der Waals surface area contributed by atoms with E-state index in [1.807, 2.05) is 6.92 Å². The van der Waals surface area contributed by atoms with Crippen LogP contribution in [0.15, 0.2) is 23.1 Å². The molecule has 0 atom stereocenters. The van der Waals surface area contributed by atoms with Crippen LogP contribution in [0.2, 0.25) is 0 Å². The van der Waals surface area contributed by atoms with Crippen LogP contribution in [0.5, 0.6) is 0 Å². The van der Waals surface area contributed by atoms with Crippen molar-refractivity contribution in [3.8, 4) is 0 Å². The zero-order chi connectivity index (χ0) is 13.9. The highest BCUT2D eigenvalue weighted by Gasteiger charge is 2.19. The lowest BCUT2D eigenvalue weighted by atomic mass is 10.1. The molecular formula is C12H18N2O3S. The van der Waals surface area contributed by atoms with Crippen LogP contribution in [0.1, 0.15) is 22.8 Å². The van der Waals surface area contributed by atoms with Gasteiger partial charge in [-0.2, -0.15) is 0 Å². The van der Waals surface area contributed by atoms with Crippen LogP contribution in [0.25, 0.3) is 0 Å². The Morgan fingerprint density at radius 1 is 1.33 bits per heavy atom. The Balaban J connectivity index is 3.29. The van der Waals surface area contributed by atoms with E-state index in [4.69, 9.17) is 0 Å². The van der Waals surface area contributed by atoms with Crippen molar-refractivity contribution in [2.45, 2.75) is 18.7 Å². The number of hydrogen-bond donors (Lipinski definition) is 1. The van der Waals surface area contributed by atoms with Crippen LogP contribution in [0.3, 0.4) is 0 Å². The van der Waals surface area contributed by atoms with Crippen LogP contribution in [0, 0.1) is 6.92 Å². The number of benzene rings is 1. The van der Waals surface area contributed by atoms with Gasteiger partial charge in [0.25, 0.3) is 5.91 Å². The first-order valence-electron chi connectivity index (χ1n) is 5.62. The Bertz CT molecular complexity index is 550. The molecule has 1 aromatic rings. The highest BCUT2D eigenvalue weighted by Crippen LogP contribution is 2.18. The van der Waals surface area contributed by atoms with E-state index in [2.05, 4.69) is 5.32 Å². The largest absolute Gasteiger partial charge is 0.352 e. The molecule has 1 aromatic carbocycles. The van der Waals surface area contributed by atoms with Gasteiger partial charge in [-0.1, -0.05) is 6.07 Å². The maximum Gasteiger partial charge on any atom is 0.251 e. The number of carbonyl (C=O) groups is 1. The molecule has 0 radical (unpaired) electrons. The molecule has 1 amide bonds. The van der Waals surface area contributed by atoms with Crippen molar-refractivity contribution in [3.63, 3.8) is 0 Å². The summed E-state index contributed by atoms with van der Waals surface area (Å²) in [6.07, 6.45) is 0. The van der Waals surface area contributed by atoms with Crippen LogP contribution in [-0.4, -0.2) is 39.3 Å². The van der Waals surface area contributed by atoms with Gasteiger partial charge in [-0.3, -0.25) is 4.79 Å². The molecule has 0 saturated carbocycles. The molecule has 6 heteroatoms. The van der Waals surface area contributed by atoms with Crippen LogP contribution in [0.4, 0.5) is 0 Å². The zero-order valence-corrected chi connectivity index (χ0v) is 11.8. The normalized spacial score (nSPS) is 11.6. The second-order valence-corrected chi connectivity index (χ2v) is 6.28. The van der Waals surface area contributed by atoms with Gasteiger partial charge in [0.15, 0.2) is 0 Å². The van der Waals surface area contributed by atoms with Gasteiger partial charge in [0.2, 0.25) is 10.0 Å². The molecule has 0 aliphatic rings. The van der Waals surface area contributed by atoms with E-state index in [9.17, 15) is 13.2 Å². The third-order valence-electron chi connectivity index (χ3n) is 2.57. The average Bonchev–Trinajstić information content (AvgIpc) is 2.29. The molecule has 5 nitrogen and oxygen atoms in total. The number of carbonyl (C=O) groups excluding carboxylic acids is 1. The minimum atomic E-state index is -3.51. The lowest BCUT2D eigenvalue weighted by Crippen LogP contribution is -2.25. The fourth-order valence-corrected chi connectivity index (χ4v) is 2.40. The monoisotopic (exact) mass is 270 g/mol. The van der Waals surface area contributed by atoms with Gasteiger partial charge < -0.3 is 5.32 Å². The summed E-state index contributed by atoms with van der Waals surface area (Å²) in [6.45, 7) is 4.09. The summed E-state index contributed by atoms with van der Waals surface area (Å²) in [7, 11) is -0.593. The predicted octanol–water partition coefficient (Wildman–Crippen LogP) is 0.995. The molecule has 0 saturated heterocycles. The molecule has 1 rings (SSSR count). The molecule has 0 unspecified atom stereocenters. The molecular weight excluding hydrogens is 252 g/mol. The highest BCUT2D eigenvalue weighted by atomic mass is 32.2. The summed E-state index contributed by atoms with van der Waals surface area (Å²) in [4.78, 5) is 11.9. The summed E-state index contributed by atoms with van der Waals surface area (Å²) in [5, 5.41) is 2.66. The standard InChI is InChI=1S/C12H18N2O3S/c1-5-13-12(15)11-8-10(7-6-9(11)2)18(16,17)14(3)4/h6-8H,5H2,1-4H3,(H,13,15). The third kappa shape index (κ3) is 2.88. The van der Waals surface area contributed by atoms with E-state index in [0.717, 1.165) is 9.87 Å². The zero-order valence-electron chi connectivity index (χ0n) is 11.0. The number of sulfonamides is 1. The number of nitrogens with one attached hydrogen (secondary N) is 1. The van der Waals surface area contributed by atoms with Crippen molar-refractivity contribution >= 4 is 15.9 Å². The second kappa shape index (κ2) is 5.49. The lowest BCUT2D eigenvalue weighted by molar-refractivity contribution is 0.0955. The first-order valence-corrected chi connectivity index (χ1v) is 7.06. The van der Waals surface area contributed by atoms with Gasteiger partial charge in [-0.15, -0.1) is 0 Å². The summed E-state index contributed by atoms with van der Waals surface area (Å²) >= 11 is 0. The summed E-state index contributed by atoms with van der Waals surface area (Å²) in [5.41, 5.74) is 1.14. The molecule has 0 spiro atoms. The van der Waals surface area contributed by atoms with E-state index in [-0.39, 0.29) is 10.8 Å². The average molecular weight is 270 g/mol. The van der Waals surface area contributed by atoms with Gasteiger partial charge >= 0.3 is 0 Å². The fourth-order valence-electron chi connectivity index (χ4n) is 1.47. The van der Waals surface area contributed by atoms with E-state index in [1.54, 1.807) is 13.0 Å². The van der Waals surface area contributed by atoms with Crippen LogP contribution < -0.4 is 5.32 Å². The second-order valence-electron chi connectivity index (χ2n) is 4.12. The van der Waals surface area contributed by atoms with E-state index in [1.165, 1.54) is 26.2 Å². The van der Waals surface area contributed by atoms with Gasteiger partial charge in [0.1, 0.15) is 0 Å². The van der Waals surface area contributed by atoms with Crippen LogP contribution in [-0.2, 0) is 10.0 Å². The molecule has 0 bridgehead atoms. The minimum Gasteiger partial charge on any atom is -0.352 e. The van der Waals surface area contributed by atoms with E-state index in [0.29, 0.717) is 12.1 Å². The SMILES string of the molecule is CCNC(=O)c1cc(S(=O)(=O)N(C)C)ccc1C. The van der Waals surface area contributed by atoms with Crippen molar-refractivity contribution in [1.29, 1.82) is 0 Å². The Kier molecular flexibility index (Phi) is 4.48. The predicted molar refractivity (Wildman–Crippen MR) is 70.1 cm³/mol. The van der Waals surface area contributed by atoms with Crippen molar-refractivity contribution in [3.05, 3.63) is 29.3 Å². The topological polar surface area (TPSA) is 66.5 Å². The Labute approximate surface area is 108 Å². The van der Waals surface area contributed by atoms with E-state index >= 15 is 0 Å². The van der Waals surface area contributed by atoms with Crippen LogP contribution >= 0.6 is 0 Å². The van der Waals surface area contributed by atoms with Gasteiger partial charge in [-0.25, -0.2) is 12.7 Å². The van der Waals surface area contributed by atoms with Gasteiger partial charge in [0, 0.05) is 26.2 Å². The Morgan fingerprint density at radius 2 is 1.94 bits per heavy atom. The van der Waals surface area contributed by atoms with Gasteiger partial charge in [-0.05, 0) is 31.5 Å². The molecule has 0 fully saturated rings. The molecule has 100 valence electrons. The fraction of sp³-hybridized carbons (Fsp3) is 0.417. The smallest absolute Gasteiger partial charge is 0.251 e. The maximum absolute atomic E-state index is 12.0. The summed E-state index contributed by atoms with van der Waals surface area (Å²) < 4.78 is 25.1. The highest BCUT2D eigenvalue weighted by molar-refractivity contribution is 7.89. The molecule has 0 aliphatic carbocycles. The van der Waals surface area contributed by atoms with Crippen molar-refractivity contribution in [2.75, 3.05) is 20.6 Å². The quantitative estimate of drug-likeness (QED) is 0.887. The Hall–Kier alpha value is -1.40. The molecule has 0 aliphatic heterocycles. The first-order chi connectivity index (χ1) is 8.30. The third-order valence-corrected chi connectivity index (χ3v) is 4.38. The van der Waals surface area contributed by atoms with Crippen molar-refractivity contribution in [2.24, 2.45) is 0 Å². The number of nitrogens with zero attached hydrogens (tertiary/aromatic N) is 1. The number of aryl methyl sites for hydroxylation is 1. The number of rotatable bonds is 4. The molecule has 18 heavy (non-hydrogen) atoms. The minimum absolute atomic E-state index is 0.124. The summed E-state index contributed by atoms with van der Waals surface area (Å²) in [5.74, 6) is -0.259. The lowest BCUT2D eigenvalue weighted by Gasteiger charge is -2.13. The number of hydrogen-bond acceptors (Lipinski definition) is 3. The van der Waals surface area contributed by atoms with E-state index < -0.39 is 10.0 Å². The Morgan fingerprint density at radius 3 is 2.44 bits per heavy atom. The summed E-state index contributed by atoms with van der Waals surface area (Å²) in [6, 6.07) is 4.56. The maximum atomic E-state index is 12.0. The molecule has 0 aromatic heterocycles. The van der Waals surface area contributed by atoms with Crippen molar-refractivity contribution < 1.29 is 13.2 Å².